The van der Waals surface area contributed by atoms with Crippen LogP contribution in [0.5, 0.6) is 0 Å². The van der Waals surface area contributed by atoms with E-state index in [2.05, 4.69) is 14.6 Å². The van der Waals surface area contributed by atoms with Crippen LogP contribution < -0.4 is 4.72 Å². The van der Waals surface area contributed by atoms with Gasteiger partial charge in [0.1, 0.15) is 17.5 Å². The molecule has 0 radical (unpaired) electrons. The van der Waals surface area contributed by atoms with Crippen LogP contribution in [0, 0.1) is 0 Å². The van der Waals surface area contributed by atoms with Crippen molar-refractivity contribution in [3.05, 3.63) is 48.3 Å². The molecule has 1 aromatic heterocycles. The smallest absolute Gasteiger partial charge is 0.327 e. The van der Waals surface area contributed by atoms with E-state index in [0.29, 0.717) is 5.56 Å². The highest BCUT2D eigenvalue weighted by molar-refractivity contribution is 7.89. The highest BCUT2D eigenvalue weighted by atomic mass is 32.2. The van der Waals surface area contributed by atoms with Gasteiger partial charge in [-0.15, -0.1) is 0 Å². The molecule has 0 saturated carbocycles. The Morgan fingerprint density at radius 2 is 2.00 bits per heavy atom. The van der Waals surface area contributed by atoms with E-state index < -0.39 is 28.0 Å². The number of nitrogens with zero attached hydrogens (tertiary/aromatic N) is 2. The quantitative estimate of drug-likeness (QED) is 0.630. The van der Waals surface area contributed by atoms with Crippen LogP contribution in [-0.2, 0) is 37.3 Å². The molecule has 0 fully saturated rings. The van der Waals surface area contributed by atoms with E-state index in [1.54, 1.807) is 30.3 Å². The number of hydrogen-bond acceptors (Lipinski definition) is 6. The summed E-state index contributed by atoms with van der Waals surface area (Å²) in [5.41, 5.74) is 0.680. The first-order valence-corrected chi connectivity index (χ1v) is 8.68. The van der Waals surface area contributed by atoms with Gasteiger partial charge in [-0.2, -0.15) is 9.82 Å². The zero-order valence-corrected chi connectivity index (χ0v) is 14.1. The standard InChI is InChI=1S/C15H17N3O6S/c1-24-14(19)10-18-9-12(8-16-18)25(22,23)17-13(15(20)21)7-11-5-3-2-4-6-11/h2-6,8-9,13,17H,7,10H2,1H3,(H,20,21)/t13-/m0/s1. The van der Waals surface area contributed by atoms with Gasteiger partial charge in [-0.05, 0) is 12.0 Å². The molecule has 1 atom stereocenters. The molecule has 0 amide bonds. The van der Waals surface area contributed by atoms with Crippen molar-refractivity contribution in [2.45, 2.75) is 23.9 Å². The van der Waals surface area contributed by atoms with Crippen molar-refractivity contribution in [3.63, 3.8) is 0 Å². The molecule has 0 bridgehead atoms. The Kier molecular flexibility index (Phi) is 5.88. The van der Waals surface area contributed by atoms with Gasteiger partial charge in [0.2, 0.25) is 10.0 Å². The predicted molar refractivity (Wildman–Crippen MR) is 86.1 cm³/mol. The van der Waals surface area contributed by atoms with Gasteiger partial charge < -0.3 is 9.84 Å². The van der Waals surface area contributed by atoms with E-state index in [-0.39, 0.29) is 17.9 Å². The first-order chi connectivity index (χ1) is 11.8. The van der Waals surface area contributed by atoms with Gasteiger partial charge in [0.25, 0.3) is 0 Å². The second-order valence-corrected chi connectivity index (χ2v) is 6.87. The lowest BCUT2D eigenvalue weighted by atomic mass is 10.1. The van der Waals surface area contributed by atoms with E-state index >= 15 is 0 Å². The van der Waals surface area contributed by atoms with Gasteiger partial charge in [0, 0.05) is 6.20 Å². The highest BCUT2D eigenvalue weighted by Crippen LogP contribution is 2.11. The molecule has 9 nitrogen and oxygen atoms in total. The lowest BCUT2D eigenvalue weighted by Gasteiger charge is -2.14. The number of carbonyl (C=O) groups is 2. The summed E-state index contributed by atoms with van der Waals surface area (Å²) in [6.45, 7) is -0.252. The van der Waals surface area contributed by atoms with Crippen molar-refractivity contribution in [1.29, 1.82) is 0 Å². The molecule has 0 spiro atoms. The number of esters is 1. The topological polar surface area (TPSA) is 128 Å². The van der Waals surface area contributed by atoms with Crippen LogP contribution in [0.1, 0.15) is 5.56 Å². The lowest BCUT2D eigenvalue weighted by Crippen LogP contribution is -2.42. The van der Waals surface area contributed by atoms with E-state index in [1.165, 1.54) is 7.11 Å². The third kappa shape index (κ3) is 5.13. The average molecular weight is 367 g/mol. The summed E-state index contributed by atoms with van der Waals surface area (Å²) in [5.74, 6) is -1.89. The molecular weight excluding hydrogens is 350 g/mol. The van der Waals surface area contributed by atoms with Crippen molar-refractivity contribution >= 4 is 22.0 Å². The Hall–Kier alpha value is -2.72. The van der Waals surface area contributed by atoms with Gasteiger partial charge in [-0.25, -0.2) is 8.42 Å². The van der Waals surface area contributed by atoms with Crippen molar-refractivity contribution in [1.82, 2.24) is 14.5 Å². The molecule has 0 aliphatic rings. The molecule has 2 N–H and O–H groups in total. The van der Waals surface area contributed by atoms with Crippen molar-refractivity contribution in [2.24, 2.45) is 0 Å². The summed E-state index contributed by atoms with van der Waals surface area (Å²) in [7, 11) is -2.91. The van der Waals surface area contributed by atoms with E-state index in [1.807, 2.05) is 0 Å². The van der Waals surface area contributed by atoms with Gasteiger partial charge in [-0.3, -0.25) is 14.3 Å². The van der Waals surface area contributed by atoms with E-state index in [4.69, 9.17) is 0 Å². The number of benzene rings is 1. The number of aliphatic carboxylic acids is 1. The second-order valence-electron chi connectivity index (χ2n) is 5.15. The maximum atomic E-state index is 12.4. The monoisotopic (exact) mass is 367 g/mol. The minimum Gasteiger partial charge on any atom is -0.480 e. The molecule has 2 rings (SSSR count). The molecular formula is C15H17N3O6S. The fourth-order valence-corrected chi connectivity index (χ4v) is 3.19. The maximum absolute atomic E-state index is 12.4. The van der Waals surface area contributed by atoms with Crippen molar-refractivity contribution < 1.29 is 27.9 Å². The van der Waals surface area contributed by atoms with Gasteiger partial charge >= 0.3 is 11.9 Å². The summed E-state index contributed by atoms with van der Waals surface area (Å²) < 4.78 is 32.4. The fourth-order valence-electron chi connectivity index (χ4n) is 2.05. The van der Waals surface area contributed by atoms with E-state index in [0.717, 1.165) is 17.1 Å². The molecule has 0 aliphatic heterocycles. The maximum Gasteiger partial charge on any atom is 0.327 e. The zero-order chi connectivity index (χ0) is 18.4. The first-order valence-electron chi connectivity index (χ1n) is 7.20. The number of carboxylic acid groups (broad SMARTS) is 1. The summed E-state index contributed by atoms with van der Waals surface area (Å²) in [6, 6.07) is 7.33. The predicted octanol–water partition coefficient (Wildman–Crippen LogP) is 0.0303. The van der Waals surface area contributed by atoms with Crippen LogP contribution in [0.2, 0.25) is 0 Å². The zero-order valence-electron chi connectivity index (χ0n) is 13.3. The number of carboxylic acids is 1. The van der Waals surface area contributed by atoms with Crippen molar-refractivity contribution in [2.75, 3.05) is 7.11 Å². The first kappa shape index (κ1) is 18.6. The molecule has 0 aliphatic carbocycles. The molecule has 0 saturated heterocycles. The number of aromatic nitrogens is 2. The molecule has 25 heavy (non-hydrogen) atoms. The molecule has 10 heteroatoms. The van der Waals surface area contributed by atoms with Crippen LogP contribution in [0.25, 0.3) is 0 Å². The number of rotatable bonds is 8. The van der Waals surface area contributed by atoms with Crippen LogP contribution in [0.15, 0.2) is 47.6 Å². The summed E-state index contributed by atoms with van der Waals surface area (Å²) >= 11 is 0. The third-order valence-corrected chi connectivity index (χ3v) is 4.74. The van der Waals surface area contributed by atoms with Gasteiger partial charge in [0.15, 0.2) is 0 Å². The largest absolute Gasteiger partial charge is 0.480 e. The van der Waals surface area contributed by atoms with Crippen LogP contribution >= 0.6 is 0 Å². The minimum atomic E-state index is -4.11. The normalized spacial score (nSPS) is 12.5. The van der Waals surface area contributed by atoms with Gasteiger partial charge in [-0.1, -0.05) is 30.3 Å². The minimum absolute atomic E-state index is 0.00823. The summed E-state index contributed by atoms with van der Waals surface area (Å²) in [4.78, 5) is 22.3. The molecule has 0 unspecified atom stereocenters. The number of methoxy groups -OCH3 is 1. The second kappa shape index (κ2) is 7.90. The molecule has 1 aromatic carbocycles. The fraction of sp³-hybridized carbons (Fsp3) is 0.267. The van der Waals surface area contributed by atoms with Gasteiger partial charge in [0.05, 0.1) is 13.3 Å². The number of hydrogen-bond donors (Lipinski definition) is 2. The Morgan fingerprint density at radius 3 is 2.60 bits per heavy atom. The molecule has 134 valence electrons. The Labute approximate surface area is 144 Å². The highest BCUT2D eigenvalue weighted by Gasteiger charge is 2.26. The van der Waals surface area contributed by atoms with Crippen molar-refractivity contribution in [3.8, 4) is 0 Å². The van der Waals surface area contributed by atoms with Crippen LogP contribution in [0.4, 0.5) is 0 Å². The van der Waals surface area contributed by atoms with E-state index in [9.17, 15) is 23.1 Å². The number of nitrogens with one attached hydrogen (secondary N) is 1. The summed E-state index contributed by atoms with van der Waals surface area (Å²) in [5, 5.41) is 13.0. The van der Waals surface area contributed by atoms with Crippen LogP contribution in [-0.4, -0.2) is 48.4 Å². The Bertz CT molecular complexity index is 847. The molecule has 2 aromatic rings. The van der Waals surface area contributed by atoms with Crippen LogP contribution in [0.3, 0.4) is 0 Å². The summed E-state index contributed by atoms with van der Waals surface area (Å²) in [6.07, 6.45) is 2.15. The third-order valence-electron chi connectivity index (χ3n) is 3.32. The number of ether oxygens (including phenoxy) is 1. The number of sulfonamides is 1. The molecule has 1 heterocycles. The Morgan fingerprint density at radius 1 is 1.32 bits per heavy atom. The number of carbonyl (C=O) groups excluding carboxylic acids is 1. The average Bonchev–Trinajstić information content (AvgIpc) is 3.04. The SMILES string of the molecule is COC(=O)Cn1cc(S(=O)(=O)N[C@@H](Cc2ccccc2)C(=O)O)cn1. The lowest BCUT2D eigenvalue weighted by molar-refractivity contribution is -0.141. The Balaban J connectivity index is 2.14.